The Labute approximate surface area is 272 Å². The Balaban J connectivity index is 1.38. The minimum Gasteiger partial charge on any atom is -0.481 e. The molecular formula is C38H46N2O6. The molecule has 0 aromatic heterocycles. The molecule has 8 nitrogen and oxygen atoms in total. The van der Waals surface area contributed by atoms with Crippen molar-refractivity contribution in [3.05, 3.63) is 108 Å². The number of rotatable bonds is 14. The van der Waals surface area contributed by atoms with Crippen LogP contribution in [0, 0.1) is 5.92 Å². The maximum atomic E-state index is 12.1. The summed E-state index contributed by atoms with van der Waals surface area (Å²) in [5, 5.41) is 21.3. The largest absolute Gasteiger partial charge is 0.481 e. The summed E-state index contributed by atoms with van der Waals surface area (Å²) in [5.74, 6) is -1.18. The molecule has 2 fully saturated rings. The number of benzene rings is 3. The summed E-state index contributed by atoms with van der Waals surface area (Å²) < 4.78 is 13.6. The highest BCUT2D eigenvalue weighted by Gasteiger charge is 2.40. The SMILES string of the molecule is C=CCN(C[C@H]1O[C@@H](c2cccc(-c3cccc(CNC(=O)CCC(=O)O)c3)c2)O[C@@H](c2ccc(CO)cc2)[C@H]1C)C1CCCC1. The smallest absolute Gasteiger partial charge is 0.303 e. The zero-order chi connectivity index (χ0) is 32.5. The third-order valence-corrected chi connectivity index (χ3v) is 9.22. The number of carbonyl (C=O) groups is 2. The number of carbonyl (C=O) groups excluding carboxylic acids is 1. The Morgan fingerprint density at radius 2 is 1.65 bits per heavy atom. The van der Waals surface area contributed by atoms with Gasteiger partial charge >= 0.3 is 5.97 Å². The highest BCUT2D eigenvalue weighted by Crippen LogP contribution is 2.43. The molecule has 46 heavy (non-hydrogen) atoms. The Kier molecular flexibility index (Phi) is 11.8. The number of hydrogen-bond acceptors (Lipinski definition) is 6. The molecule has 1 heterocycles. The predicted octanol–water partition coefficient (Wildman–Crippen LogP) is 6.55. The Morgan fingerprint density at radius 3 is 2.35 bits per heavy atom. The summed E-state index contributed by atoms with van der Waals surface area (Å²) in [6.07, 6.45) is 5.84. The van der Waals surface area contributed by atoms with Crippen LogP contribution in [0.3, 0.4) is 0 Å². The summed E-state index contributed by atoms with van der Waals surface area (Å²) in [6.45, 7) is 8.17. The third-order valence-electron chi connectivity index (χ3n) is 9.22. The number of amides is 1. The van der Waals surface area contributed by atoms with Crippen LogP contribution in [0.4, 0.5) is 0 Å². The number of aliphatic carboxylic acids is 1. The van der Waals surface area contributed by atoms with Crippen LogP contribution in [0.5, 0.6) is 0 Å². The van der Waals surface area contributed by atoms with Crippen molar-refractivity contribution in [3.63, 3.8) is 0 Å². The summed E-state index contributed by atoms with van der Waals surface area (Å²) in [4.78, 5) is 25.4. The third kappa shape index (κ3) is 8.70. The van der Waals surface area contributed by atoms with Gasteiger partial charge in [-0.15, -0.1) is 6.58 Å². The number of nitrogens with zero attached hydrogens (tertiary/aromatic N) is 1. The van der Waals surface area contributed by atoms with E-state index in [1.807, 2.05) is 72.8 Å². The van der Waals surface area contributed by atoms with E-state index in [-0.39, 0.29) is 43.5 Å². The monoisotopic (exact) mass is 626 g/mol. The average molecular weight is 627 g/mol. The number of nitrogens with one attached hydrogen (secondary N) is 1. The number of ether oxygens (including phenoxy) is 2. The van der Waals surface area contributed by atoms with Gasteiger partial charge in [0.05, 0.1) is 25.2 Å². The number of aliphatic hydroxyl groups is 1. The van der Waals surface area contributed by atoms with Crippen LogP contribution in [0.1, 0.15) is 80.1 Å². The topological polar surface area (TPSA) is 108 Å². The lowest BCUT2D eigenvalue weighted by Crippen LogP contribution is -2.47. The molecule has 1 aliphatic heterocycles. The summed E-state index contributed by atoms with van der Waals surface area (Å²) in [6, 6.07) is 24.7. The molecule has 3 aromatic carbocycles. The Bertz CT molecular complexity index is 1470. The molecule has 0 bridgehead atoms. The van der Waals surface area contributed by atoms with Gasteiger partial charge < -0.3 is 25.0 Å². The first-order valence-electron chi connectivity index (χ1n) is 16.4. The van der Waals surface area contributed by atoms with Crippen LogP contribution < -0.4 is 5.32 Å². The zero-order valence-electron chi connectivity index (χ0n) is 26.6. The molecule has 2 aliphatic rings. The van der Waals surface area contributed by atoms with E-state index in [1.165, 1.54) is 25.7 Å². The van der Waals surface area contributed by atoms with Crippen LogP contribution in [0.15, 0.2) is 85.5 Å². The van der Waals surface area contributed by atoms with E-state index >= 15 is 0 Å². The van der Waals surface area contributed by atoms with Gasteiger partial charge in [-0.3, -0.25) is 14.5 Å². The molecule has 0 spiro atoms. The number of hydrogen-bond donors (Lipinski definition) is 3. The fraction of sp³-hybridized carbons (Fsp3) is 0.421. The molecule has 1 saturated heterocycles. The molecule has 0 radical (unpaired) electrons. The Morgan fingerprint density at radius 1 is 0.935 bits per heavy atom. The van der Waals surface area contributed by atoms with Crippen molar-refractivity contribution in [2.24, 2.45) is 5.92 Å². The average Bonchev–Trinajstić information content (AvgIpc) is 3.62. The minimum atomic E-state index is -0.988. The van der Waals surface area contributed by atoms with Gasteiger partial charge in [-0.2, -0.15) is 0 Å². The van der Waals surface area contributed by atoms with Gasteiger partial charge in [0.2, 0.25) is 5.91 Å². The van der Waals surface area contributed by atoms with Crippen LogP contribution in [-0.4, -0.2) is 52.2 Å². The second kappa shape index (κ2) is 16.1. The minimum absolute atomic E-state index is 0.00128. The molecule has 0 unspecified atom stereocenters. The van der Waals surface area contributed by atoms with Crippen molar-refractivity contribution in [1.82, 2.24) is 10.2 Å². The lowest BCUT2D eigenvalue weighted by molar-refractivity contribution is -0.276. The maximum absolute atomic E-state index is 12.1. The van der Waals surface area contributed by atoms with E-state index < -0.39 is 12.3 Å². The molecule has 1 saturated carbocycles. The van der Waals surface area contributed by atoms with Crippen molar-refractivity contribution in [2.45, 2.75) is 83.1 Å². The molecule has 1 aliphatic carbocycles. The predicted molar refractivity (Wildman–Crippen MR) is 178 cm³/mol. The zero-order valence-corrected chi connectivity index (χ0v) is 26.6. The second-order valence-corrected chi connectivity index (χ2v) is 12.5. The van der Waals surface area contributed by atoms with Crippen molar-refractivity contribution in [3.8, 4) is 11.1 Å². The van der Waals surface area contributed by atoms with Gasteiger partial charge in [-0.05, 0) is 52.8 Å². The molecular weight excluding hydrogens is 580 g/mol. The summed E-state index contributed by atoms with van der Waals surface area (Å²) >= 11 is 0. The number of aliphatic hydroxyl groups excluding tert-OH is 1. The molecule has 8 heteroatoms. The molecule has 3 N–H and O–H groups in total. The van der Waals surface area contributed by atoms with E-state index in [4.69, 9.17) is 14.6 Å². The van der Waals surface area contributed by atoms with Crippen LogP contribution in [-0.2, 0) is 32.2 Å². The lowest BCUT2D eigenvalue weighted by atomic mass is 9.89. The molecule has 1 amide bonds. The maximum Gasteiger partial charge on any atom is 0.303 e. The van der Waals surface area contributed by atoms with Crippen LogP contribution >= 0.6 is 0 Å². The Hall–Kier alpha value is -3.82. The van der Waals surface area contributed by atoms with Crippen molar-refractivity contribution in [1.29, 1.82) is 0 Å². The fourth-order valence-corrected chi connectivity index (χ4v) is 6.60. The van der Waals surface area contributed by atoms with E-state index in [2.05, 4.69) is 29.8 Å². The quantitative estimate of drug-likeness (QED) is 0.174. The molecule has 3 aromatic rings. The van der Waals surface area contributed by atoms with Gasteiger partial charge in [0.25, 0.3) is 0 Å². The highest BCUT2D eigenvalue weighted by atomic mass is 16.7. The van der Waals surface area contributed by atoms with E-state index in [0.29, 0.717) is 12.6 Å². The van der Waals surface area contributed by atoms with Crippen molar-refractivity contribution in [2.75, 3.05) is 13.1 Å². The summed E-state index contributed by atoms with van der Waals surface area (Å²) in [5.41, 5.74) is 5.77. The van der Waals surface area contributed by atoms with Crippen molar-refractivity contribution >= 4 is 11.9 Å². The molecule has 4 atom stereocenters. The van der Waals surface area contributed by atoms with E-state index in [0.717, 1.165) is 46.5 Å². The van der Waals surface area contributed by atoms with Gasteiger partial charge in [0.15, 0.2) is 6.29 Å². The van der Waals surface area contributed by atoms with E-state index in [1.54, 1.807) is 0 Å². The van der Waals surface area contributed by atoms with E-state index in [9.17, 15) is 14.7 Å². The van der Waals surface area contributed by atoms with Crippen molar-refractivity contribution < 1.29 is 29.3 Å². The van der Waals surface area contributed by atoms with Gasteiger partial charge in [-0.1, -0.05) is 86.5 Å². The van der Waals surface area contributed by atoms with Gasteiger partial charge in [-0.25, -0.2) is 0 Å². The number of carboxylic acids is 1. The number of carboxylic acid groups (broad SMARTS) is 1. The lowest BCUT2D eigenvalue weighted by Gasteiger charge is -2.43. The fourth-order valence-electron chi connectivity index (χ4n) is 6.60. The molecule has 5 rings (SSSR count). The highest BCUT2D eigenvalue weighted by molar-refractivity contribution is 5.80. The molecule has 244 valence electrons. The second-order valence-electron chi connectivity index (χ2n) is 12.5. The summed E-state index contributed by atoms with van der Waals surface area (Å²) in [7, 11) is 0. The normalized spacial score (nSPS) is 21.7. The first-order valence-corrected chi connectivity index (χ1v) is 16.4. The van der Waals surface area contributed by atoms with Crippen LogP contribution in [0.2, 0.25) is 0 Å². The first kappa shape index (κ1) is 33.5. The van der Waals surface area contributed by atoms with Gasteiger partial charge in [0.1, 0.15) is 0 Å². The van der Waals surface area contributed by atoms with Crippen LogP contribution in [0.25, 0.3) is 11.1 Å². The standard InChI is InChI=1S/C38H46N2O6/c1-3-20-40(33-12-4-5-13-33)24-34-26(2)37(29-16-14-27(25-41)15-17-29)46-38(45-34)32-11-7-10-31(22-32)30-9-6-8-28(21-30)23-39-35(42)18-19-36(43)44/h3,6-11,14-17,21-22,26,33-34,37-38,41H,1,4-5,12-13,18-20,23-25H2,2H3,(H,39,42)(H,43,44)/t26-,34+,37+,38+/m0/s1. The first-order chi connectivity index (χ1) is 22.3. The van der Waals surface area contributed by atoms with Gasteiger partial charge in [0, 0.05) is 43.6 Å².